The number of rotatable bonds is 6. The number of benzene rings is 2. The molecule has 0 saturated carbocycles. The van der Waals surface area contributed by atoms with Crippen LogP contribution in [-0.2, 0) is 9.59 Å². The molecule has 4 rings (SSSR count). The summed E-state index contributed by atoms with van der Waals surface area (Å²) < 4.78 is 5.21. The number of amides is 2. The highest BCUT2D eigenvalue weighted by Gasteiger charge is 2.40. The zero-order chi connectivity index (χ0) is 20.4. The molecule has 150 valence electrons. The maximum absolute atomic E-state index is 13.3. The molecule has 29 heavy (non-hydrogen) atoms. The van der Waals surface area contributed by atoms with Gasteiger partial charge in [0.2, 0.25) is 0 Å². The Balaban J connectivity index is 1.66. The van der Waals surface area contributed by atoms with Gasteiger partial charge in [-0.2, -0.15) is 0 Å². The topological polar surface area (TPSA) is 49.9 Å². The van der Waals surface area contributed by atoms with E-state index in [0.717, 1.165) is 30.1 Å². The summed E-state index contributed by atoms with van der Waals surface area (Å²) in [6, 6.07) is 15.0. The van der Waals surface area contributed by atoms with Gasteiger partial charge in [0.1, 0.15) is 5.75 Å². The van der Waals surface area contributed by atoms with E-state index in [1.54, 1.807) is 7.11 Å². The second kappa shape index (κ2) is 8.33. The van der Waals surface area contributed by atoms with Crippen molar-refractivity contribution in [2.45, 2.75) is 19.8 Å². The quantitative estimate of drug-likeness (QED) is 0.666. The predicted octanol–water partition coefficient (Wildman–Crippen LogP) is 4.33. The van der Waals surface area contributed by atoms with Crippen LogP contribution in [-0.4, -0.2) is 37.8 Å². The molecule has 0 atom stereocenters. The Morgan fingerprint density at radius 2 is 1.52 bits per heavy atom. The van der Waals surface area contributed by atoms with Gasteiger partial charge in [-0.3, -0.25) is 9.59 Å². The summed E-state index contributed by atoms with van der Waals surface area (Å²) in [6.07, 6.45) is 2.41. The Hall–Kier alpha value is -2.73. The summed E-state index contributed by atoms with van der Waals surface area (Å²) in [6.45, 7) is 4.09. The van der Waals surface area contributed by atoms with Crippen molar-refractivity contribution >= 4 is 40.5 Å². The van der Waals surface area contributed by atoms with Crippen molar-refractivity contribution in [1.29, 1.82) is 0 Å². The van der Waals surface area contributed by atoms with E-state index in [1.807, 2.05) is 55.5 Å². The maximum Gasteiger partial charge on any atom is 0.272 e. The number of nitrogens with zero attached hydrogens (tertiary/aromatic N) is 2. The van der Waals surface area contributed by atoms with Crippen molar-refractivity contribution in [3.05, 3.63) is 59.0 Å². The highest BCUT2D eigenvalue weighted by molar-refractivity contribution is 8.04. The lowest BCUT2D eigenvalue weighted by Crippen LogP contribution is -2.31. The number of methoxy groups -OCH3 is 1. The molecular formula is C23H24N2O3S. The summed E-state index contributed by atoms with van der Waals surface area (Å²) in [5.74, 6) is 0.909. The zero-order valence-corrected chi connectivity index (χ0v) is 17.5. The summed E-state index contributed by atoms with van der Waals surface area (Å²) in [7, 11) is 1.60. The van der Waals surface area contributed by atoms with Crippen molar-refractivity contribution in [3.63, 3.8) is 0 Å². The van der Waals surface area contributed by atoms with Crippen molar-refractivity contribution < 1.29 is 14.3 Å². The minimum atomic E-state index is -0.273. The SMILES string of the molecule is CCSC1=C(c2ccc(OC)cc2)C(=O)N(c2ccc(N3CCCC3)cc2)C1=O. The highest BCUT2D eigenvalue weighted by Crippen LogP contribution is 2.39. The molecule has 1 saturated heterocycles. The Morgan fingerprint density at radius 3 is 2.10 bits per heavy atom. The molecule has 0 N–H and O–H groups in total. The fraction of sp³-hybridized carbons (Fsp3) is 0.304. The third-order valence-corrected chi connectivity index (χ3v) is 6.24. The van der Waals surface area contributed by atoms with E-state index in [0.29, 0.717) is 21.9 Å². The number of carbonyl (C=O) groups excluding carboxylic acids is 2. The van der Waals surface area contributed by atoms with Crippen LogP contribution in [0, 0.1) is 0 Å². The number of imide groups is 1. The lowest BCUT2D eigenvalue weighted by molar-refractivity contribution is -0.119. The lowest BCUT2D eigenvalue weighted by atomic mass is 10.1. The molecule has 0 radical (unpaired) electrons. The maximum atomic E-state index is 13.3. The van der Waals surface area contributed by atoms with Gasteiger partial charge in [0.25, 0.3) is 11.8 Å². The minimum Gasteiger partial charge on any atom is -0.497 e. The second-order valence-electron chi connectivity index (χ2n) is 7.02. The number of hydrogen-bond donors (Lipinski definition) is 0. The van der Waals surface area contributed by atoms with E-state index < -0.39 is 0 Å². The van der Waals surface area contributed by atoms with Gasteiger partial charge in [0.15, 0.2) is 0 Å². The molecule has 2 aliphatic heterocycles. The Labute approximate surface area is 175 Å². The first-order valence-corrected chi connectivity index (χ1v) is 10.9. The Kier molecular flexibility index (Phi) is 5.62. The van der Waals surface area contributed by atoms with Gasteiger partial charge in [-0.05, 0) is 60.6 Å². The molecule has 5 nitrogen and oxygen atoms in total. The first kappa shape index (κ1) is 19.6. The standard InChI is InChI=1S/C23H24N2O3S/c1-3-29-21-20(16-6-12-19(28-2)13-7-16)22(26)25(23(21)27)18-10-8-17(9-11-18)24-14-4-5-15-24/h6-13H,3-5,14-15H2,1-2H3. The molecule has 1 fully saturated rings. The van der Waals surface area contributed by atoms with Crippen LogP contribution in [0.5, 0.6) is 5.75 Å². The van der Waals surface area contributed by atoms with Gasteiger partial charge >= 0.3 is 0 Å². The molecule has 0 unspecified atom stereocenters. The zero-order valence-electron chi connectivity index (χ0n) is 16.7. The van der Waals surface area contributed by atoms with Gasteiger partial charge in [-0.25, -0.2) is 4.90 Å². The average molecular weight is 409 g/mol. The van der Waals surface area contributed by atoms with Gasteiger partial charge in [-0.1, -0.05) is 19.1 Å². The van der Waals surface area contributed by atoms with E-state index in [2.05, 4.69) is 4.90 Å². The monoisotopic (exact) mass is 408 g/mol. The van der Waals surface area contributed by atoms with Gasteiger partial charge in [-0.15, -0.1) is 11.8 Å². The fourth-order valence-electron chi connectivity index (χ4n) is 3.82. The minimum absolute atomic E-state index is 0.249. The summed E-state index contributed by atoms with van der Waals surface area (Å²) >= 11 is 1.41. The molecule has 6 heteroatoms. The second-order valence-corrected chi connectivity index (χ2v) is 8.30. The van der Waals surface area contributed by atoms with Crippen molar-refractivity contribution in [1.82, 2.24) is 0 Å². The van der Waals surface area contributed by atoms with Crippen molar-refractivity contribution in [3.8, 4) is 5.75 Å². The first-order valence-electron chi connectivity index (χ1n) is 9.89. The van der Waals surface area contributed by atoms with E-state index in [9.17, 15) is 9.59 Å². The van der Waals surface area contributed by atoms with Crippen LogP contribution in [0.4, 0.5) is 11.4 Å². The Morgan fingerprint density at radius 1 is 0.897 bits per heavy atom. The smallest absolute Gasteiger partial charge is 0.272 e. The number of hydrogen-bond acceptors (Lipinski definition) is 5. The van der Waals surface area contributed by atoms with E-state index in [-0.39, 0.29) is 11.8 Å². The number of thioether (sulfide) groups is 1. The molecule has 2 aromatic carbocycles. The third-order valence-electron chi connectivity index (χ3n) is 5.29. The van der Waals surface area contributed by atoms with Gasteiger partial charge < -0.3 is 9.64 Å². The van der Waals surface area contributed by atoms with Crippen LogP contribution in [0.2, 0.25) is 0 Å². The lowest BCUT2D eigenvalue weighted by Gasteiger charge is -2.20. The molecule has 2 aliphatic rings. The normalized spacial score (nSPS) is 16.9. The molecule has 0 spiro atoms. The van der Waals surface area contributed by atoms with Crippen molar-refractivity contribution in [2.24, 2.45) is 0 Å². The molecular weight excluding hydrogens is 384 g/mol. The van der Waals surface area contributed by atoms with Crippen molar-refractivity contribution in [2.75, 3.05) is 35.8 Å². The average Bonchev–Trinajstić information content (AvgIpc) is 3.36. The molecule has 0 bridgehead atoms. The van der Waals surface area contributed by atoms with Crippen LogP contribution in [0.3, 0.4) is 0 Å². The van der Waals surface area contributed by atoms with Gasteiger partial charge in [0.05, 0.1) is 23.3 Å². The highest BCUT2D eigenvalue weighted by atomic mass is 32.2. The van der Waals surface area contributed by atoms with E-state index >= 15 is 0 Å². The Bertz CT molecular complexity index is 945. The molecule has 2 heterocycles. The molecule has 2 amide bonds. The first-order chi connectivity index (χ1) is 14.1. The van der Waals surface area contributed by atoms with E-state index in [4.69, 9.17) is 4.74 Å². The number of anilines is 2. The predicted molar refractivity (Wildman–Crippen MR) is 118 cm³/mol. The van der Waals surface area contributed by atoms with Crippen LogP contribution < -0.4 is 14.5 Å². The van der Waals surface area contributed by atoms with Gasteiger partial charge in [0, 0.05) is 18.8 Å². The van der Waals surface area contributed by atoms with Crippen LogP contribution in [0.15, 0.2) is 53.4 Å². The van der Waals surface area contributed by atoms with Crippen LogP contribution >= 0.6 is 11.8 Å². The van der Waals surface area contributed by atoms with Crippen LogP contribution in [0.25, 0.3) is 5.57 Å². The van der Waals surface area contributed by atoms with Crippen LogP contribution in [0.1, 0.15) is 25.3 Å². The molecule has 0 aliphatic carbocycles. The van der Waals surface area contributed by atoms with E-state index in [1.165, 1.54) is 29.5 Å². The summed E-state index contributed by atoms with van der Waals surface area (Å²) in [5.41, 5.74) is 2.95. The summed E-state index contributed by atoms with van der Waals surface area (Å²) in [5, 5.41) is 0. The number of carbonyl (C=O) groups is 2. The number of ether oxygens (including phenoxy) is 1. The molecule has 2 aromatic rings. The molecule has 0 aromatic heterocycles. The third kappa shape index (κ3) is 3.65. The largest absolute Gasteiger partial charge is 0.497 e. The summed E-state index contributed by atoms with van der Waals surface area (Å²) in [4.78, 5) is 30.6. The fourth-order valence-corrected chi connectivity index (χ4v) is 4.68.